The smallest absolute Gasteiger partial charge is 0.191 e. The minimum absolute atomic E-state index is 0.547. The first-order valence-electron chi connectivity index (χ1n) is 8.20. The highest BCUT2D eigenvalue weighted by atomic mass is 15.3. The van der Waals surface area contributed by atoms with Crippen molar-refractivity contribution in [3.8, 4) is 0 Å². The molecule has 6 heteroatoms. The summed E-state index contributed by atoms with van der Waals surface area (Å²) in [4.78, 5) is 6.75. The van der Waals surface area contributed by atoms with Crippen LogP contribution in [0.3, 0.4) is 0 Å². The molecule has 116 valence electrons. The summed E-state index contributed by atoms with van der Waals surface area (Å²) in [7, 11) is 0. The van der Waals surface area contributed by atoms with E-state index in [-0.39, 0.29) is 0 Å². The fourth-order valence-corrected chi connectivity index (χ4v) is 3.15. The van der Waals surface area contributed by atoms with Gasteiger partial charge in [0.2, 0.25) is 0 Å². The highest BCUT2D eigenvalue weighted by Gasteiger charge is 2.18. The Bertz CT molecular complexity index is 498. The Morgan fingerprint density at radius 1 is 1.19 bits per heavy atom. The Kier molecular flexibility index (Phi) is 4.41. The van der Waals surface area contributed by atoms with E-state index in [1.807, 2.05) is 0 Å². The van der Waals surface area contributed by atoms with Crippen LogP contribution in [-0.2, 0) is 19.5 Å². The van der Waals surface area contributed by atoms with Crippen LogP contribution < -0.4 is 5.73 Å². The molecule has 0 unspecified atom stereocenters. The Hall–Kier alpha value is -1.59. The minimum atomic E-state index is 0.547. The fourth-order valence-electron chi connectivity index (χ4n) is 3.15. The lowest BCUT2D eigenvalue weighted by atomic mass is 10.00. The van der Waals surface area contributed by atoms with Gasteiger partial charge in [0.15, 0.2) is 11.8 Å². The van der Waals surface area contributed by atoms with Crippen molar-refractivity contribution in [3.05, 3.63) is 11.6 Å². The number of aryl methyl sites for hydroxylation is 1. The van der Waals surface area contributed by atoms with Crippen LogP contribution in [0.25, 0.3) is 0 Å². The zero-order valence-corrected chi connectivity index (χ0v) is 13.0. The van der Waals surface area contributed by atoms with Gasteiger partial charge >= 0.3 is 0 Å². The molecule has 0 bridgehead atoms. The average molecular weight is 290 g/mol. The van der Waals surface area contributed by atoms with Crippen LogP contribution in [0.15, 0.2) is 4.99 Å². The predicted molar refractivity (Wildman–Crippen MR) is 82.9 cm³/mol. The quantitative estimate of drug-likeness (QED) is 0.662. The van der Waals surface area contributed by atoms with Crippen molar-refractivity contribution in [3.63, 3.8) is 0 Å². The lowest BCUT2D eigenvalue weighted by Gasteiger charge is -2.30. The largest absolute Gasteiger partial charge is 0.370 e. The molecule has 1 aromatic heterocycles. The fraction of sp³-hybridized carbons (Fsp3) is 0.800. The number of aliphatic imine (C=N–C) groups is 1. The molecule has 0 amide bonds. The van der Waals surface area contributed by atoms with Crippen molar-refractivity contribution < 1.29 is 0 Å². The molecule has 0 spiro atoms. The van der Waals surface area contributed by atoms with E-state index in [0.717, 1.165) is 43.6 Å². The number of rotatable bonds is 2. The molecule has 1 fully saturated rings. The van der Waals surface area contributed by atoms with Crippen LogP contribution >= 0.6 is 0 Å². The zero-order chi connectivity index (χ0) is 14.7. The van der Waals surface area contributed by atoms with Gasteiger partial charge in [-0.05, 0) is 31.6 Å². The number of hydrogen-bond donors (Lipinski definition) is 1. The summed E-state index contributed by atoms with van der Waals surface area (Å²) in [6.07, 6.45) is 7.15. The summed E-state index contributed by atoms with van der Waals surface area (Å²) in [5.74, 6) is 3.54. The maximum Gasteiger partial charge on any atom is 0.191 e. The maximum atomic E-state index is 6.14. The molecule has 1 saturated heterocycles. The third kappa shape index (κ3) is 3.36. The lowest BCUT2D eigenvalue weighted by Crippen LogP contribution is -2.42. The van der Waals surface area contributed by atoms with Crippen molar-refractivity contribution in [2.75, 3.05) is 13.1 Å². The highest BCUT2D eigenvalue weighted by molar-refractivity contribution is 5.78. The van der Waals surface area contributed by atoms with Gasteiger partial charge in [-0.3, -0.25) is 0 Å². The molecule has 6 nitrogen and oxygen atoms in total. The summed E-state index contributed by atoms with van der Waals surface area (Å²) in [5, 5.41) is 8.61. The summed E-state index contributed by atoms with van der Waals surface area (Å²) >= 11 is 0. The molecule has 2 N–H and O–H groups in total. The monoisotopic (exact) mass is 290 g/mol. The number of likely N-dealkylation sites (tertiary alicyclic amines) is 1. The van der Waals surface area contributed by atoms with Gasteiger partial charge in [0.1, 0.15) is 12.4 Å². The molecule has 2 aliphatic rings. The third-order valence-electron chi connectivity index (χ3n) is 4.68. The molecule has 0 aliphatic carbocycles. The molecular weight excluding hydrogens is 264 g/mol. The van der Waals surface area contributed by atoms with E-state index in [9.17, 15) is 0 Å². The molecule has 0 saturated carbocycles. The van der Waals surface area contributed by atoms with Crippen LogP contribution in [0.4, 0.5) is 0 Å². The molecule has 21 heavy (non-hydrogen) atoms. The van der Waals surface area contributed by atoms with Crippen LogP contribution in [0.2, 0.25) is 0 Å². The molecular formula is C15H26N6. The molecule has 3 rings (SSSR count). The van der Waals surface area contributed by atoms with Crippen molar-refractivity contribution >= 4 is 5.96 Å². The van der Waals surface area contributed by atoms with Crippen molar-refractivity contribution in [1.82, 2.24) is 19.7 Å². The second-order valence-corrected chi connectivity index (χ2v) is 6.34. The Morgan fingerprint density at radius 3 is 2.81 bits per heavy atom. The molecule has 2 aliphatic heterocycles. The van der Waals surface area contributed by atoms with Gasteiger partial charge in [-0.25, -0.2) is 4.99 Å². The van der Waals surface area contributed by atoms with Gasteiger partial charge in [0.05, 0.1) is 0 Å². The van der Waals surface area contributed by atoms with Crippen molar-refractivity contribution in [1.29, 1.82) is 0 Å². The summed E-state index contributed by atoms with van der Waals surface area (Å²) < 4.78 is 2.24. The lowest BCUT2D eigenvalue weighted by molar-refractivity contribution is 0.277. The SMILES string of the molecule is CC1CCN(C(N)=NCc2nnc3n2CCCCC3)CC1. The normalized spacial score (nSPS) is 21.2. The predicted octanol–water partition coefficient (Wildman–Crippen LogP) is 1.55. The summed E-state index contributed by atoms with van der Waals surface area (Å²) in [5.41, 5.74) is 6.14. The Labute approximate surface area is 126 Å². The van der Waals surface area contributed by atoms with E-state index in [4.69, 9.17) is 5.73 Å². The van der Waals surface area contributed by atoms with E-state index >= 15 is 0 Å². The van der Waals surface area contributed by atoms with Crippen molar-refractivity contribution in [2.45, 2.75) is 58.5 Å². The maximum absolute atomic E-state index is 6.14. The number of piperidine rings is 1. The number of aromatic nitrogens is 3. The second kappa shape index (κ2) is 6.45. The number of hydrogen-bond acceptors (Lipinski definition) is 3. The summed E-state index contributed by atoms with van der Waals surface area (Å²) in [6.45, 7) is 5.91. The van der Waals surface area contributed by atoms with E-state index in [1.54, 1.807) is 0 Å². The Balaban J connectivity index is 1.64. The van der Waals surface area contributed by atoms with Gasteiger partial charge in [0, 0.05) is 26.1 Å². The van der Waals surface area contributed by atoms with Gasteiger partial charge in [-0.2, -0.15) is 0 Å². The van der Waals surface area contributed by atoms with E-state index < -0.39 is 0 Å². The van der Waals surface area contributed by atoms with Crippen LogP contribution in [0.5, 0.6) is 0 Å². The average Bonchev–Trinajstić information content (AvgIpc) is 2.72. The highest BCUT2D eigenvalue weighted by Crippen LogP contribution is 2.17. The van der Waals surface area contributed by atoms with Crippen LogP contribution in [0, 0.1) is 5.92 Å². The molecule has 0 radical (unpaired) electrons. The van der Waals surface area contributed by atoms with Crippen molar-refractivity contribution in [2.24, 2.45) is 16.6 Å². The zero-order valence-electron chi connectivity index (χ0n) is 13.0. The topological polar surface area (TPSA) is 72.3 Å². The number of nitrogens with zero attached hydrogens (tertiary/aromatic N) is 5. The molecule has 1 aromatic rings. The van der Waals surface area contributed by atoms with Gasteiger partial charge in [-0.1, -0.05) is 13.3 Å². The number of nitrogens with two attached hydrogens (primary N) is 1. The number of guanidine groups is 1. The van der Waals surface area contributed by atoms with E-state index in [0.29, 0.717) is 12.5 Å². The molecule has 0 atom stereocenters. The standard InChI is InChI=1S/C15H26N6/c1-12-6-9-20(10-7-12)15(16)17-11-14-19-18-13-5-3-2-4-8-21(13)14/h12H,2-11H2,1H3,(H2,16,17). The summed E-state index contributed by atoms with van der Waals surface area (Å²) in [6, 6.07) is 0. The first-order valence-corrected chi connectivity index (χ1v) is 8.20. The Morgan fingerprint density at radius 2 is 2.00 bits per heavy atom. The third-order valence-corrected chi connectivity index (χ3v) is 4.68. The number of fused-ring (bicyclic) bond motifs is 1. The first-order chi connectivity index (χ1) is 10.2. The molecule has 0 aromatic carbocycles. The van der Waals surface area contributed by atoms with E-state index in [2.05, 4.69) is 31.6 Å². The van der Waals surface area contributed by atoms with Gasteiger partial charge in [0.25, 0.3) is 0 Å². The molecule has 3 heterocycles. The van der Waals surface area contributed by atoms with Gasteiger partial charge in [-0.15, -0.1) is 10.2 Å². The van der Waals surface area contributed by atoms with Crippen LogP contribution in [0.1, 0.15) is 50.7 Å². The van der Waals surface area contributed by atoms with Crippen LogP contribution in [-0.4, -0.2) is 38.7 Å². The van der Waals surface area contributed by atoms with E-state index in [1.165, 1.54) is 32.1 Å². The minimum Gasteiger partial charge on any atom is -0.370 e. The van der Waals surface area contributed by atoms with Gasteiger partial charge < -0.3 is 15.2 Å². The first kappa shape index (κ1) is 14.4. The second-order valence-electron chi connectivity index (χ2n) is 6.34.